The Balaban J connectivity index is 1.29. The van der Waals surface area contributed by atoms with Crippen LogP contribution in [0.3, 0.4) is 0 Å². The molecule has 1 aliphatic carbocycles. The molecule has 0 N–H and O–H groups in total. The molecule has 3 fully saturated rings. The van der Waals surface area contributed by atoms with Crippen molar-refractivity contribution in [1.29, 1.82) is 0 Å². The third-order valence-electron chi connectivity index (χ3n) is 6.62. The van der Waals surface area contributed by atoms with Gasteiger partial charge in [-0.1, -0.05) is 25.0 Å². The van der Waals surface area contributed by atoms with E-state index in [1.165, 1.54) is 4.90 Å². The Hall–Kier alpha value is -2.57. The number of anilines is 1. The summed E-state index contributed by atoms with van der Waals surface area (Å²) in [6.45, 7) is 5.54. The molecule has 0 bridgehead atoms. The summed E-state index contributed by atoms with van der Waals surface area (Å²) in [5, 5.41) is 0. The molecular weight excluding hydrogens is 382 g/mol. The maximum Gasteiger partial charge on any atom is 0.233 e. The van der Waals surface area contributed by atoms with Crippen molar-refractivity contribution in [1.82, 2.24) is 9.80 Å². The van der Waals surface area contributed by atoms with Crippen molar-refractivity contribution in [2.75, 3.05) is 44.2 Å². The molecule has 1 aromatic carbocycles. The molecule has 3 amide bonds. The van der Waals surface area contributed by atoms with Gasteiger partial charge in [-0.2, -0.15) is 0 Å². The van der Waals surface area contributed by atoms with Crippen LogP contribution in [0.25, 0.3) is 0 Å². The minimum absolute atomic E-state index is 0.0169. The number of rotatable bonds is 6. The molecular formula is C23H31N3O4. The predicted molar refractivity (Wildman–Crippen MR) is 113 cm³/mol. The summed E-state index contributed by atoms with van der Waals surface area (Å²) < 4.78 is 5.73. The quantitative estimate of drug-likeness (QED) is 0.670. The number of amides is 3. The lowest BCUT2D eigenvalue weighted by Crippen LogP contribution is -2.49. The first-order valence-corrected chi connectivity index (χ1v) is 11.2. The van der Waals surface area contributed by atoms with E-state index in [0.29, 0.717) is 19.7 Å². The van der Waals surface area contributed by atoms with E-state index >= 15 is 0 Å². The smallest absolute Gasteiger partial charge is 0.233 e. The number of likely N-dealkylation sites (tertiary alicyclic amines) is 1. The first kappa shape index (κ1) is 20.7. The van der Waals surface area contributed by atoms with Crippen molar-refractivity contribution in [3.05, 3.63) is 24.3 Å². The fourth-order valence-electron chi connectivity index (χ4n) is 5.01. The molecule has 162 valence electrons. The van der Waals surface area contributed by atoms with Crippen LogP contribution >= 0.6 is 0 Å². The molecule has 2 heterocycles. The minimum atomic E-state index is -0.143. The van der Waals surface area contributed by atoms with Crippen LogP contribution < -0.4 is 9.64 Å². The lowest BCUT2D eigenvalue weighted by atomic mass is 9.81. The van der Waals surface area contributed by atoms with Crippen LogP contribution in [0.1, 0.15) is 39.0 Å². The van der Waals surface area contributed by atoms with Gasteiger partial charge >= 0.3 is 0 Å². The first-order valence-electron chi connectivity index (χ1n) is 11.2. The Morgan fingerprint density at radius 2 is 1.63 bits per heavy atom. The van der Waals surface area contributed by atoms with Crippen LogP contribution in [0.5, 0.6) is 5.75 Å². The topological polar surface area (TPSA) is 70.2 Å². The summed E-state index contributed by atoms with van der Waals surface area (Å²) in [5.74, 6) is 0.478. The molecule has 2 saturated heterocycles. The molecule has 2 atom stereocenters. The van der Waals surface area contributed by atoms with Crippen molar-refractivity contribution in [3.8, 4) is 5.75 Å². The molecule has 0 unspecified atom stereocenters. The van der Waals surface area contributed by atoms with Crippen LogP contribution in [-0.2, 0) is 14.4 Å². The number of ether oxygens (including phenoxy) is 1. The van der Waals surface area contributed by atoms with E-state index < -0.39 is 0 Å². The zero-order chi connectivity index (χ0) is 21.1. The Bertz CT molecular complexity index is 779. The summed E-state index contributed by atoms with van der Waals surface area (Å²) in [4.78, 5) is 43.3. The van der Waals surface area contributed by atoms with Crippen LogP contribution in [0, 0.1) is 11.8 Å². The van der Waals surface area contributed by atoms with Crippen molar-refractivity contribution in [2.24, 2.45) is 11.8 Å². The van der Waals surface area contributed by atoms with Gasteiger partial charge in [0.1, 0.15) is 5.75 Å². The van der Waals surface area contributed by atoms with Crippen molar-refractivity contribution in [3.63, 3.8) is 0 Å². The molecule has 30 heavy (non-hydrogen) atoms. The molecule has 7 nitrogen and oxygen atoms in total. The van der Waals surface area contributed by atoms with Gasteiger partial charge in [0.05, 0.1) is 24.1 Å². The molecule has 1 aromatic rings. The Labute approximate surface area is 177 Å². The van der Waals surface area contributed by atoms with Gasteiger partial charge in [-0.25, -0.2) is 0 Å². The predicted octanol–water partition coefficient (Wildman–Crippen LogP) is 2.30. The van der Waals surface area contributed by atoms with Gasteiger partial charge in [-0.05, 0) is 31.9 Å². The van der Waals surface area contributed by atoms with E-state index in [0.717, 1.165) is 50.2 Å². The average Bonchev–Trinajstić information content (AvgIpc) is 3.03. The Kier molecular flexibility index (Phi) is 6.25. The molecule has 3 aliphatic rings. The van der Waals surface area contributed by atoms with Gasteiger partial charge in [-0.15, -0.1) is 0 Å². The summed E-state index contributed by atoms with van der Waals surface area (Å²) in [5.41, 5.74) is 1.06. The number of hydrogen-bond donors (Lipinski definition) is 0. The zero-order valence-electron chi connectivity index (χ0n) is 17.7. The average molecular weight is 414 g/mol. The molecule has 1 saturated carbocycles. The second-order valence-corrected chi connectivity index (χ2v) is 8.34. The van der Waals surface area contributed by atoms with Gasteiger partial charge < -0.3 is 14.5 Å². The van der Waals surface area contributed by atoms with Crippen molar-refractivity contribution in [2.45, 2.75) is 39.0 Å². The number of fused-ring (bicyclic) bond motifs is 1. The second-order valence-electron chi connectivity index (χ2n) is 8.34. The SMILES string of the molecule is CCOc1ccccc1N1CCN(C(=O)CCN2C(=O)[C@H]3CCCC[C@@H]3C2=O)CC1. The summed E-state index contributed by atoms with van der Waals surface area (Å²) in [6, 6.07) is 7.98. The van der Waals surface area contributed by atoms with Crippen LogP contribution in [0.4, 0.5) is 5.69 Å². The number of para-hydroxylation sites is 2. The summed E-state index contributed by atoms with van der Waals surface area (Å²) in [6.07, 6.45) is 3.87. The van der Waals surface area contributed by atoms with E-state index in [1.807, 2.05) is 36.1 Å². The van der Waals surface area contributed by atoms with E-state index in [9.17, 15) is 14.4 Å². The highest BCUT2D eigenvalue weighted by Gasteiger charge is 2.47. The fraction of sp³-hybridized carbons (Fsp3) is 0.609. The van der Waals surface area contributed by atoms with E-state index in [1.54, 1.807) is 0 Å². The molecule has 0 radical (unpaired) electrons. The number of carbonyl (C=O) groups is 3. The molecule has 0 aromatic heterocycles. The highest BCUT2D eigenvalue weighted by Crippen LogP contribution is 2.38. The molecule has 0 spiro atoms. The van der Waals surface area contributed by atoms with Crippen LogP contribution in [-0.4, -0.2) is 66.9 Å². The maximum absolute atomic E-state index is 12.7. The van der Waals surface area contributed by atoms with Gasteiger partial charge in [0.25, 0.3) is 0 Å². The van der Waals surface area contributed by atoms with E-state index in [4.69, 9.17) is 4.74 Å². The standard InChI is InChI=1S/C23H31N3O4/c1-2-30-20-10-6-5-9-19(20)24-13-15-25(16-14-24)21(27)11-12-26-22(28)17-7-3-4-8-18(17)23(26)29/h5-6,9-10,17-18H,2-4,7-8,11-16H2,1H3/t17-,18-/m0/s1. The summed E-state index contributed by atoms with van der Waals surface area (Å²) >= 11 is 0. The Morgan fingerprint density at radius 3 is 2.27 bits per heavy atom. The molecule has 7 heteroatoms. The fourth-order valence-corrected chi connectivity index (χ4v) is 5.01. The Morgan fingerprint density at radius 1 is 1.00 bits per heavy atom. The monoisotopic (exact) mass is 413 g/mol. The van der Waals surface area contributed by atoms with Gasteiger partial charge in [0.2, 0.25) is 17.7 Å². The minimum Gasteiger partial charge on any atom is -0.492 e. The molecule has 2 aliphatic heterocycles. The third-order valence-corrected chi connectivity index (χ3v) is 6.62. The van der Waals surface area contributed by atoms with E-state index in [2.05, 4.69) is 4.90 Å². The number of benzene rings is 1. The number of imide groups is 1. The third kappa shape index (κ3) is 4.02. The van der Waals surface area contributed by atoms with E-state index in [-0.39, 0.29) is 42.5 Å². The van der Waals surface area contributed by atoms with Gasteiger partial charge in [-0.3, -0.25) is 19.3 Å². The maximum atomic E-state index is 12.7. The highest BCUT2D eigenvalue weighted by molar-refractivity contribution is 6.05. The van der Waals surface area contributed by atoms with Crippen molar-refractivity contribution < 1.29 is 19.1 Å². The number of hydrogen-bond acceptors (Lipinski definition) is 5. The normalized spacial score (nSPS) is 24.2. The van der Waals surface area contributed by atoms with Gasteiger partial charge in [0.15, 0.2) is 0 Å². The van der Waals surface area contributed by atoms with Gasteiger partial charge in [0, 0.05) is 39.1 Å². The zero-order valence-corrected chi connectivity index (χ0v) is 17.7. The second kappa shape index (κ2) is 9.06. The molecule has 4 rings (SSSR count). The summed E-state index contributed by atoms with van der Waals surface area (Å²) in [7, 11) is 0. The number of piperazine rings is 1. The first-order chi connectivity index (χ1) is 14.6. The van der Waals surface area contributed by atoms with Crippen molar-refractivity contribution >= 4 is 23.4 Å². The van der Waals surface area contributed by atoms with Crippen LogP contribution in [0.15, 0.2) is 24.3 Å². The lowest BCUT2D eigenvalue weighted by Gasteiger charge is -2.37. The number of carbonyl (C=O) groups excluding carboxylic acids is 3. The number of nitrogens with zero attached hydrogens (tertiary/aromatic N) is 3. The van der Waals surface area contributed by atoms with Crippen LogP contribution in [0.2, 0.25) is 0 Å². The largest absolute Gasteiger partial charge is 0.492 e. The lowest BCUT2D eigenvalue weighted by molar-refractivity contribution is -0.140. The highest BCUT2D eigenvalue weighted by atomic mass is 16.5.